The fraction of sp³-hybridized carbons (Fsp3) is 0.500. The molecule has 0 heterocycles. The van der Waals surface area contributed by atoms with Gasteiger partial charge < -0.3 is 14.0 Å². The van der Waals surface area contributed by atoms with Gasteiger partial charge in [-0.15, -0.1) is 0 Å². The van der Waals surface area contributed by atoms with Gasteiger partial charge >= 0.3 is 0 Å². The van der Waals surface area contributed by atoms with Gasteiger partial charge in [-0.25, -0.2) is 0 Å². The molecule has 0 aromatic heterocycles. The van der Waals surface area contributed by atoms with Crippen LogP contribution >= 0.6 is 0 Å². The summed E-state index contributed by atoms with van der Waals surface area (Å²) in [5, 5.41) is 0.144. The lowest BCUT2D eigenvalue weighted by Gasteiger charge is -2.36. The maximum Gasteiger partial charge on any atom is 0.250 e. The Morgan fingerprint density at radius 2 is 1.82 bits per heavy atom. The van der Waals surface area contributed by atoms with Crippen molar-refractivity contribution in [3.63, 3.8) is 0 Å². The van der Waals surface area contributed by atoms with E-state index in [1.54, 1.807) is 7.11 Å². The molecule has 0 atom stereocenters. The molecule has 0 aliphatic carbocycles. The van der Waals surface area contributed by atoms with Crippen molar-refractivity contribution in [3.05, 3.63) is 29.8 Å². The normalized spacial score (nSPS) is 12.5. The lowest BCUT2D eigenvalue weighted by molar-refractivity contribution is -0.107. The average molecular weight is 321 g/mol. The van der Waals surface area contributed by atoms with Crippen LogP contribution < -0.4 is 9.16 Å². The van der Waals surface area contributed by atoms with Gasteiger partial charge in [-0.3, -0.25) is 0 Å². The Labute approximate surface area is 135 Å². The number of carbonyl (C=O) groups is 1. The van der Waals surface area contributed by atoms with Gasteiger partial charge in [0.2, 0.25) is 0 Å². The second kappa shape index (κ2) is 7.63. The van der Waals surface area contributed by atoms with Crippen molar-refractivity contribution >= 4 is 20.7 Å². The van der Waals surface area contributed by atoms with Crippen molar-refractivity contribution in [2.24, 2.45) is 0 Å². The van der Waals surface area contributed by atoms with Crippen LogP contribution in [-0.4, -0.2) is 21.7 Å². The van der Waals surface area contributed by atoms with Crippen LogP contribution in [0.2, 0.25) is 18.1 Å². The van der Waals surface area contributed by atoms with E-state index in [4.69, 9.17) is 9.16 Å². The van der Waals surface area contributed by atoms with E-state index in [9.17, 15) is 4.79 Å². The number of rotatable bonds is 7. The number of allylic oxidation sites excluding steroid dienone is 1. The molecule has 0 saturated carbocycles. The van der Waals surface area contributed by atoms with Crippen LogP contribution in [0.15, 0.2) is 24.3 Å². The Morgan fingerprint density at radius 3 is 2.36 bits per heavy atom. The molecule has 0 fully saturated rings. The highest BCUT2D eigenvalue weighted by Gasteiger charge is 2.39. The van der Waals surface area contributed by atoms with E-state index in [2.05, 4.69) is 33.9 Å². The zero-order chi connectivity index (χ0) is 16.8. The second-order valence-corrected chi connectivity index (χ2v) is 11.6. The number of aldehydes is 1. The summed E-state index contributed by atoms with van der Waals surface area (Å²) < 4.78 is 11.8. The number of ether oxygens (including phenoxy) is 1. The predicted octanol–water partition coefficient (Wildman–Crippen LogP) is 5.07. The van der Waals surface area contributed by atoms with Crippen molar-refractivity contribution in [1.29, 1.82) is 0 Å². The Balaban J connectivity index is 2.94. The lowest BCUT2D eigenvalue weighted by atomic mass is 10.1. The lowest BCUT2D eigenvalue weighted by Crippen LogP contribution is -2.43. The van der Waals surface area contributed by atoms with Crippen LogP contribution in [0.3, 0.4) is 0 Å². The zero-order valence-corrected chi connectivity index (χ0v) is 15.6. The molecule has 0 N–H and O–H groups in total. The first-order chi connectivity index (χ1) is 10.2. The first kappa shape index (κ1) is 18.5. The average Bonchev–Trinajstić information content (AvgIpc) is 2.43. The van der Waals surface area contributed by atoms with Crippen LogP contribution in [0.5, 0.6) is 11.5 Å². The number of benzene rings is 1. The summed E-state index contributed by atoms with van der Waals surface area (Å²) in [6.07, 6.45) is 6.25. The zero-order valence-electron chi connectivity index (χ0n) is 14.6. The van der Waals surface area contributed by atoms with Crippen molar-refractivity contribution in [2.45, 2.75) is 51.7 Å². The summed E-state index contributed by atoms with van der Waals surface area (Å²) >= 11 is 0. The molecule has 122 valence electrons. The van der Waals surface area contributed by atoms with E-state index in [1.165, 1.54) is 0 Å². The summed E-state index contributed by atoms with van der Waals surface area (Å²) in [6.45, 7) is 11.1. The Kier molecular flexibility index (Phi) is 6.42. The molecule has 4 heteroatoms. The number of methoxy groups -OCH3 is 1. The van der Waals surface area contributed by atoms with E-state index >= 15 is 0 Å². The summed E-state index contributed by atoms with van der Waals surface area (Å²) in [5.74, 6) is 1.56. The van der Waals surface area contributed by atoms with Crippen molar-refractivity contribution in [2.75, 3.05) is 7.11 Å². The molecular weight excluding hydrogens is 292 g/mol. The first-order valence-corrected chi connectivity index (χ1v) is 10.6. The van der Waals surface area contributed by atoms with Crippen LogP contribution in [0.1, 0.15) is 39.2 Å². The van der Waals surface area contributed by atoms with Crippen LogP contribution in [0.4, 0.5) is 0 Å². The third kappa shape index (κ3) is 5.02. The highest BCUT2D eigenvalue weighted by molar-refractivity contribution is 6.74. The predicted molar refractivity (Wildman–Crippen MR) is 95.2 cm³/mol. The molecule has 0 bridgehead atoms. The highest BCUT2D eigenvalue weighted by Crippen LogP contribution is 2.40. The molecule has 0 radical (unpaired) electrons. The largest absolute Gasteiger partial charge is 0.541 e. The fourth-order valence-electron chi connectivity index (χ4n) is 1.68. The maximum atomic E-state index is 10.3. The van der Waals surface area contributed by atoms with Gasteiger partial charge in [-0.2, -0.15) is 0 Å². The van der Waals surface area contributed by atoms with E-state index in [0.29, 0.717) is 6.42 Å². The Bertz CT molecular complexity index is 528. The quantitative estimate of drug-likeness (QED) is 0.399. The molecule has 22 heavy (non-hydrogen) atoms. The molecule has 0 aliphatic rings. The number of unbranched alkanes of at least 4 members (excludes halogenated alkanes) is 1. The van der Waals surface area contributed by atoms with Gasteiger partial charge in [0.05, 0.1) is 7.11 Å². The van der Waals surface area contributed by atoms with Crippen LogP contribution in [-0.2, 0) is 4.79 Å². The molecule has 0 aliphatic heterocycles. The molecule has 1 rings (SSSR count). The molecule has 0 saturated heterocycles. The number of hydrogen-bond donors (Lipinski definition) is 0. The van der Waals surface area contributed by atoms with Gasteiger partial charge in [0.25, 0.3) is 8.32 Å². The Hall–Kier alpha value is -1.55. The third-order valence-corrected chi connectivity index (χ3v) is 8.46. The first-order valence-electron chi connectivity index (χ1n) is 7.68. The topological polar surface area (TPSA) is 35.5 Å². The van der Waals surface area contributed by atoms with Gasteiger partial charge in [0.1, 0.15) is 12.0 Å². The monoisotopic (exact) mass is 320 g/mol. The SMILES string of the molecule is COc1cc(/C=C/CCC=O)ccc1O[Si](C)(C)C(C)(C)C. The van der Waals surface area contributed by atoms with Gasteiger partial charge in [0, 0.05) is 6.42 Å². The van der Waals surface area contributed by atoms with E-state index in [1.807, 2.05) is 30.4 Å². The molecule has 0 amide bonds. The third-order valence-electron chi connectivity index (χ3n) is 4.12. The summed E-state index contributed by atoms with van der Waals surface area (Å²) in [4.78, 5) is 10.3. The maximum absolute atomic E-state index is 10.3. The summed E-state index contributed by atoms with van der Waals surface area (Å²) in [7, 11) is -0.223. The molecule has 0 spiro atoms. The van der Waals surface area contributed by atoms with E-state index < -0.39 is 8.32 Å². The Morgan fingerprint density at radius 1 is 1.14 bits per heavy atom. The smallest absolute Gasteiger partial charge is 0.250 e. The number of carbonyl (C=O) groups excluding carboxylic acids is 1. The van der Waals surface area contributed by atoms with Gasteiger partial charge in [-0.05, 0) is 42.2 Å². The number of hydrogen-bond acceptors (Lipinski definition) is 3. The minimum Gasteiger partial charge on any atom is -0.541 e. The second-order valence-electron chi connectivity index (χ2n) is 6.92. The van der Waals surface area contributed by atoms with Gasteiger partial charge in [0.15, 0.2) is 5.75 Å². The van der Waals surface area contributed by atoms with Crippen LogP contribution in [0, 0.1) is 0 Å². The van der Waals surface area contributed by atoms with Gasteiger partial charge in [-0.1, -0.05) is 39.0 Å². The minimum atomic E-state index is -1.88. The standard InChI is InChI=1S/C18H28O3Si/c1-18(2,3)22(5,6)21-16-12-11-15(14-17(16)20-4)10-8-7-9-13-19/h8,10-14H,7,9H2,1-6H3/b10-8+. The van der Waals surface area contributed by atoms with Crippen molar-refractivity contribution in [1.82, 2.24) is 0 Å². The molecule has 1 aromatic rings. The molecule has 0 unspecified atom stereocenters. The van der Waals surface area contributed by atoms with Crippen molar-refractivity contribution in [3.8, 4) is 11.5 Å². The molecular formula is C18H28O3Si. The van der Waals surface area contributed by atoms with Crippen LogP contribution in [0.25, 0.3) is 6.08 Å². The van der Waals surface area contributed by atoms with Crippen molar-refractivity contribution < 1.29 is 14.0 Å². The fourth-order valence-corrected chi connectivity index (χ4v) is 2.71. The van der Waals surface area contributed by atoms with E-state index in [0.717, 1.165) is 29.8 Å². The minimum absolute atomic E-state index is 0.144. The molecule has 3 nitrogen and oxygen atoms in total. The van der Waals surface area contributed by atoms with E-state index in [-0.39, 0.29) is 5.04 Å². The summed E-state index contributed by atoms with van der Waals surface area (Å²) in [6, 6.07) is 5.96. The highest BCUT2D eigenvalue weighted by atomic mass is 28.4. The molecule has 1 aromatic carbocycles. The summed E-state index contributed by atoms with van der Waals surface area (Å²) in [5.41, 5.74) is 1.05.